The van der Waals surface area contributed by atoms with Gasteiger partial charge in [0.05, 0.1) is 12.1 Å². The number of alkyl carbamates (subject to hydrolysis) is 1. The van der Waals surface area contributed by atoms with Gasteiger partial charge in [-0.1, -0.05) is 57.5 Å². The molecule has 0 aliphatic rings. The Kier molecular flexibility index (Phi) is 11.4. The molecule has 0 aliphatic heterocycles. The number of rotatable bonds is 12. The number of carbonyl (C=O) groups excluding carboxylic acids is 3. The van der Waals surface area contributed by atoms with Crippen LogP contribution in [-0.2, 0) is 20.7 Å². The van der Waals surface area contributed by atoms with Crippen LogP contribution in [0.15, 0.2) is 30.3 Å². The number of nitrogens with one attached hydrogen (secondary N) is 2. The number of amides is 3. The van der Waals surface area contributed by atoms with Crippen LogP contribution in [-0.4, -0.2) is 46.8 Å². The van der Waals surface area contributed by atoms with E-state index < -0.39 is 41.7 Å². The molecule has 0 saturated carbocycles. The van der Waals surface area contributed by atoms with Crippen LogP contribution in [0.25, 0.3) is 0 Å². The third-order valence-corrected chi connectivity index (χ3v) is 5.27. The molecule has 0 bridgehead atoms. The maximum absolute atomic E-state index is 12.9. The minimum atomic E-state index is -1.01. The lowest BCUT2D eigenvalue weighted by atomic mass is 9.89. The lowest BCUT2D eigenvalue weighted by Crippen LogP contribution is -2.51. The number of nitrogens with two attached hydrogens (primary N) is 1. The number of aliphatic hydroxyl groups excluding tert-OH is 1. The lowest BCUT2D eigenvalue weighted by molar-refractivity contribution is -0.131. The highest BCUT2D eigenvalue weighted by Crippen LogP contribution is 2.19. The average molecular weight is 464 g/mol. The Hall–Kier alpha value is -2.61. The van der Waals surface area contributed by atoms with Crippen molar-refractivity contribution in [3.8, 4) is 0 Å². The van der Waals surface area contributed by atoms with Gasteiger partial charge in [0.2, 0.25) is 11.8 Å². The molecule has 0 saturated heterocycles. The highest BCUT2D eigenvalue weighted by atomic mass is 16.6. The van der Waals surface area contributed by atoms with Crippen molar-refractivity contribution >= 4 is 17.9 Å². The highest BCUT2D eigenvalue weighted by molar-refractivity contribution is 5.87. The molecular formula is C25H41N3O5. The van der Waals surface area contributed by atoms with Crippen molar-refractivity contribution in [2.45, 2.75) is 91.0 Å². The lowest BCUT2D eigenvalue weighted by Gasteiger charge is -2.29. The molecule has 1 aromatic carbocycles. The fourth-order valence-electron chi connectivity index (χ4n) is 3.61. The number of primary amides is 1. The quantitative estimate of drug-likeness (QED) is 0.379. The van der Waals surface area contributed by atoms with Crippen molar-refractivity contribution in [1.29, 1.82) is 0 Å². The first kappa shape index (κ1) is 28.4. The maximum atomic E-state index is 12.9. The molecule has 0 fully saturated rings. The van der Waals surface area contributed by atoms with Gasteiger partial charge in [0, 0.05) is 5.92 Å². The van der Waals surface area contributed by atoms with Gasteiger partial charge in [-0.25, -0.2) is 4.79 Å². The summed E-state index contributed by atoms with van der Waals surface area (Å²) in [5, 5.41) is 16.6. The number of benzene rings is 1. The molecule has 8 nitrogen and oxygen atoms in total. The summed E-state index contributed by atoms with van der Waals surface area (Å²) in [4.78, 5) is 37.1. The summed E-state index contributed by atoms with van der Waals surface area (Å²) in [7, 11) is 0. The summed E-state index contributed by atoms with van der Waals surface area (Å²) >= 11 is 0. The average Bonchev–Trinajstić information content (AvgIpc) is 2.69. The van der Waals surface area contributed by atoms with E-state index in [2.05, 4.69) is 10.6 Å². The Balaban J connectivity index is 3.01. The van der Waals surface area contributed by atoms with E-state index >= 15 is 0 Å². The smallest absolute Gasteiger partial charge is 0.407 e. The van der Waals surface area contributed by atoms with Gasteiger partial charge in [-0.05, 0) is 51.5 Å². The molecule has 0 spiro atoms. The van der Waals surface area contributed by atoms with Gasteiger partial charge < -0.3 is 26.2 Å². The van der Waals surface area contributed by atoms with Gasteiger partial charge in [0.25, 0.3) is 0 Å². The maximum Gasteiger partial charge on any atom is 0.407 e. The van der Waals surface area contributed by atoms with Crippen molar-refractivity contribution in [3.05, 3.63) is 35.9 Å². The van der Waals surface area contributed by atoms with Gasteiger partial charge in [-0.3, -0.25) is 9.59 Å². The van der Waals surface area contributed by atoms with Crippen LogP contribution in [0.1, 0.15) is 66.4 Å². The largest absolute Gasteiger partial charge is 0.444 e. The fourth-order valence-corrected chi connectivity index (χ4v) is 3.61. The van der Waals surface area contributed by atoms with Crippen LogP contribution in [0.5, 0.6) is 0 Å². The van der Waals surface area contributed by atoms with E-state index in [9.17, 15) is 19.5 Å². The molecule has 0 aliphatic carbocycles. The van der Waals surface area contributed by atoms with Crippen molar-refractivity contribution in [2.75, 3.05) is 0 Å². The Morgan fingerprint density at radius 2 is 1.70 bits per heavy atom. The third kappa shape index (κ3) is 10.7. The summed E-state index contributed by atoms with van der Waals surface area (Å²) in [5.41, 5.74) is 5.69. The van der Waals surface area contributed by atoms with Crippen molar-refractivity contribution in [2.24, 2.45) is 17.6 Å². The van der Waals surface area contributed by atoms with E-state index in [1.807, 2.05) is 37.3 Å². The third-order valence-electron chi connectivity index (χ3n) is 5.27. The topological polar surface area (TPSA) is 131 Å². The minimum Gasteiger partial charge on any atom is -0.444 e. The van der Waals surface area contributed by atoms with Gasteiger partial charge in [-0.15, -0.1) is 0 Å². The van der Waals surface area contributed by atoms with Gasteiger partial charge >= 0.3 is 6.09 Å². The standard InChI is InChI=1S/C25H41N3O5/c1-7-11-18(23(31)28-21(16(2)3)22(26)30)15-20(29)19(14-17-12-9-8-10-13-17)27-24(32)33-25(4,5)6/h8-10,12-13,16,18-21,29H,7,11,14-15H2,1-6H3,(H2,26,30)(H,27,32)(H,28,31)/t18-,19?,20+,21?/m1/s1. The van der Waals surface area contributed by atoms with Crippen LogP contribution in [0, 0.1) is 11.8 Å². The summed E-state index contributed by atoms with van der Waals surface area (Å²) < 4.78 is 5.37. The van der Waals surface area contributed by atoms with E-state index in [0.717, 1.165) is 12.0 Å². The van der Waals surface area contributed by atoms with Crippen molar-refractivity contribution < 1.29 is 24.2 Å². The number of hydrogen-bond donors (Lipinski definition) is 4. The van der Waals surface area contributed by atoms with E-state index in [-0.39, 0.29) is 18.2 Å². The molecule has 2 unspecified atom stereocenters. The summed E-state index contributed by atoms with van der Waals surface area (Å²) in [6.45, 7) is 10.9. The molecule has 1 rings (SSSR count). The second kappa shape index (κ2) is 13.2. The van der Waals surface area contributed by atoms with E-state index in [0.29, 0.717) is 12.8 Å². The Morgan fingerprint density at radius 3 is 2.18 bits per heavy atom. The number of aliphatic hydroxyl groups is 1. The van der Waals surface area contributed by atoms with Crippen LogP contribution >= 0.6 is 0 Å². The first-order chi connectivity index (χ1) is 15.3. The molecule has 1 aromatic rings. The SMILES string of the molecule is CCC[C@H](C[C@H](O)C(Cc1ccccc1)NC(=O)OC(C)(C)C)C(=O)NC(C(N)=O)C(C)C. The number of hydrogen-bond acceptors (Lipinski definition) is 5. The predicted molar refractivity (Wildman–Crippen MR) is 128 cm³/mol. The first-order valence-corrected chi connectivity index (χ1v) is 11.6. The summed E-state index contributed by atoms with van der Waals surface area (Å²) in [6, 6.07) is 8.03. The summed E-state index contributed by atoms with van der Waals surface area (Å²) in [5.74, 6) is -1.62. The molecule has 0 radical (unpaired) electrons. The Morgan fingerprint density at radius 1 is 1.09 bits per heavy atom. The predicted octanol–water partition coefficient (Wildman–Crippen LogP) is 2.92. The fraction of sp³-hybridized carbons (Fsp3) is 0.640. The second-order valence-corrected chi connectivity index (χ2v) is 9.86. The van der Waals surface area contributed by atoms with Gasteiger partial charge in [-0.2, -0.15) is 0 Å². The van der Waals surface area contributed by atoms with Crippen molar-refractivity contribution in [3.63, 3.8) is 0 Å². The van der Waals surface area contributed by atoms with Crippen LogP contribution < -0.4 is 16.4 Å². The Bertz CT molecular complexity index is 761. The molecular weight excluding hydrogens is 422 g/mol. The Labute approximate surface area is 197 Å². The zero-order valence-corrected chi connectivity index (χ0v) is 20.8. The highest BCUT2D eigenvalue weighted by Gasteiger charge is 2.31. The molecule has 8 heteroatoms. The van der Waals surface area contributed by atoms with Gasteiger partial charge in [0.1, 0.15) is 11.6 Å². The van der Waals surface area contributed by atoms with Crippen LogP contribution in [0.2, 0.25) is 0 Å². The number of carbonyl (C=O) groups is 3. The molecule has 186 valence electrons. The monoisotopic (exact) mass is 463 g/mol. The van der Waals surface area contributed by atoms with Crippen molar-refractivity contribution in [1.82, 2.24) is 10.6 Å². The first-order valence-electron chi connectivity index (χ1n) is 11.6. The van der Waals surface area contributed by atoms with E-state index in [1.165, 1.54) is 0 Å². The van der Waals surface area contributed by atoms with E-state index in [1.54, 1.807) is 34.6 Å². The van der Waals surface area contributed by atoms with Gasteiger partial charge in [0.15, 0.2) is 0 Å². The molecule has 3 amide bonds. The molecule has 0 aromatic heterocycles. The number of ether oxygens (including phenoxy) is 1. The van der Waals surface area contributed by atoms with Crippen LogP contribution in [0.3, 0.4) is 0 Å². The zero-order chi connectivity index (χ0) is 25.2. The zero-order valence-electron chi connectivity index (χ0n) is 20.8. The summed E-state index contributed by atoms with van der Waals surface area (Å²) in [6.07, 6.45) is 0.0977. The second-order valence-electron chi connectivity index (χ2n) is 9.86. The molecule has 4 atom stereocenters. The molecule has 5 N–H and O–H groups in total. The normalized spacial score (nSPS) is 15.3. The molecule has 0 heterocycles. The van der Waals surface area contributed by atoms with Crippen LogP contribution in [0.4, 0.5) is 4.79 Å². The molecule has 33 heavy (non-hydrogen) atoms. The van der Waals surface area contributed by atoms with E-state index in [4.69, 9.17) is 10.5 Å². The minimum absolute atomic E-state index is 0.122.